The Kier molecular flexibility index (Phi) is 2.86. The van der Waals surface area contributed by atoms with Crippen LogP contribution in [0.1, 0.15) is 19.3 Å². The summed E-state index contributed by atoms with van der Waals surface area (Å²) in [6.07, 6.45) is 4.61. The SMILES string of the molecule is CN(/C=C1\CCCC1=O)c1ccccc1. The molecule has 78 valence electrons. The van der Waals surface area contributed by atoms with E-state index >= 15 is 0 Å². The molecule has 0 spiro atoms. The Morgan fingerprint density at radius 1 is 1.20 bits per heavy atom. The first-order chi connectivity index (χ1) is 7.27. The van der Waals surface area contributed by atoms with Crippen molar-refractivity contribution in [3.63, 3.8) is 0 Å². The predicted molar refractivity (Wildman–Crippen MR) is 61.8 cm³/mol. The monoisotopic (exact) mass is 201 g/mol. The predicted octanol–water partition coefficient (Wildman–Crippen LogP) is 2.76. The maximum atomic E-state index is 11.4. The molecule has 0 saturated heterocycles. The molecule has 2 rings (SSSR count). The van der Waals surface area contributed by atoms with Gasteiger partial charge in [-0.05, 0) is 25.0 Å². The van der Waals surface area contributed by atoms with Crippen molar-refractivity contribution in [3.05, 3.63) is 42.1 Å². The summed E-state index contributed by atoms with van der Waals surface area (Å²) in [4.78, 5) is 13.5. The summed E-state index contributed by atoms with van der Waals surface area (Å²) < 4.78 is 0. The van der Waals surface area contributed by atoms with Crippen molar-refractivity contribution in [2.24, 2.45) is 0 Å². The fraction of sp³-hybridized carbons (Fsp3) is 0.308. The highest BCUT2D eigenvalue weighted by Crippen LogP contribution is 2.22. The zero-order valence-corrected chi connectivity index (χ0v) is 8.94. The standard InChI is InChI=1S/C13H15NO/c1-14(12-7-3-2-4-8-12)10-11-6-5-9-13(11)15/h2-4,7-8,10H,5-6,9H2,1H3/b11-10+. The van der Waals surface area contributed by atoms with E-state index in [1.54, 1.807) is 0 Å². The van der Waals surface area contributed by atoms with E-state index in [2.05, 4.69) is 0 Å². The van der Waals surface area contributed by atoms with Crippen molar-refractivity contribution in [3.8, 4) is 0 Å². The van der Waals surface area contributed by atoms with Crippen LogP contribution in [0, 0.1) is 0 Å². The Hall–Kier alpha value is -1.57. The minimum absolute atomic E-state index is 0.304. The highest BCUT2D eigenvalue weighted by atomic mass is 16.1. The van der Waals surface area contributed by atoms with Gasteiger partial charge in [0.05, 0.1) is 0 Å². The zero-order valence-electron chi connectivity index (χ0n) is 8.94. The number of hydrogen-bond acceptors (Lipinski definition) is 2. The number of rotatable bonds is 2. The van der Waals surface area contributed by atoms with Crippen LogP contribution in [0.2, 0.25) is 0 Å². The van der Waals surface area contributed by atoms with Crippen LogP contribution in [0.25, 0.3) is 0 Å². The first kappa shape index (κ1) is 9.97. The summed E-state index contributed by atoms with van der Waals surface area (Å²) in [6.45, 7) is 0. The quantitative estimate of drug-likeness (QED) is 0.686. The normalized spacial score (nSPS) is 18.5. The molecule has 1 aromatic carbocycles. The number of para-hydroxylation sites is 1. The molecule has 1 aromatic rings. The lowest BCUT2D eigenvalue weighted by molar-refractivity contribution is -0.114. The van der Waals surface area contributed by atoms with Gasteiger partial charge in [-0.1, -0.05) is 18.2 Å². The molecule has 15 heavy (non-hydrogen) atoms. The topological polar surface area (TPSA) is 20.3 Å². The molecule has 0 aliphatic heterocycles. The fourth-order valence-corrected chi connectivity index (χ4v) is 1.85. The maximum absolute atomic E-state index is 11.4. The van der Waals surface area contributed by atoms with Gasteiger partial charge in [-0.25, -0.2) is 0 Å². The molecule has 1 fully saturated rings. The number of carbonyl (C=O) groups excluding carboxylic acids is 1. The first-order valence-electron chi connectivity index (χ1n) is 5.29. The summed E-state index contributed by atoms with van der Waals surface area (Å²) in [5.74, 6) is 0.304. The van der Waals surface area contributed by atoms with Crippen molar-refractivity contribution >= 4 is 11.5 Å². The highest BCUT2D eigenvalue weighted by Gasteiger charge is 2.17. The second-order valence-corrected chi connectivity index (χ2v) is 3.88. The van der Waals surface area contributed by atoms with E-state index in [-0.39, 0.29) is 0 Å². The molecule has 1 aliphatic rings. The average Bonchev–Trinajstić information content (AvgIpc) is 2.66. The molecule has 2 heteroatoms. The highest BCUT2D eigenvalue weighted by molar-refractivity contribution is 5.97. The van der Waals surface area contributed by atoms with E-state index in [0.29, 0.717) is 12.2 Å². The Balaban J connectivity index is 2.16. The van der Waals surface area contributed by atoms with Gasteiger partial charge in [0.2, 0.25) is 0 Å². The number of Topliss-reactive ketones (excluding diaryl/α,β-unsaturated/α-hetero) is 1. The van der Waals surface area contributed by atoms with Gasteiger partial charge in [0.15, 0.2) is 5.78 Å². The summed E-state index contributed by atoms with van der Waals surface area (Å²) >= 11 is 0. The molecule has 0 amide bonds. The lowest BCUT2D eigenvalue weighted by Crippen LogP contribution is -2.10. The summed E-state index contributed by atoms with van der Waals surface area (Å²) in [5, 5.41) is 0. The van der Waals surface area contributed by atoms with Gasteiger partial charge in [-0.2, -0.15) is 0 Å². The zero-order chi connectivity index (χ0) is 10.7. The fourth-order valence-electron chi connectivity index (χ4n) is 1.85. The summed E-state index contributed by atoms with van der Waals surface area (Å²) in [5.41, 5.74) is 2.08. The third-order valence-corrected chi connectivity index (χ3v) is 2.72. The molecular formula is C13H15NO. The third kappa shape index (κ3) is 2.27. The van der Waals surface area contributed by atoms with Crippen LogP contribution in [0.15, 0.2) is 42.1 Å². The molecule has 1 aliphatic carbocycles. The van der Waals surface area contributed by atoms with Crippen LogP contribution in [-0.2, 0) is 4.79 Å². The van der Waals surface area contributed by atoms with Gasteiger partial charge < -0.3 is 4.90 Å². The van der Waals surface area contributed by atoms with Crippen LogP contribution in [-0.4, -0.2) is 12.8 Å². The van der Waals surface area contributed by atoms with E-state index in [1.165, 1.54) is 0 Å². The number of nitrogens with zero attached hydrogens (tertiary/aromatic N) is 1. The van der Waals surface area contributed by atoms with E-state index in [0.717, 1.165) is 24.1 Å². The molecule has 0 N–H and O–H groups in total. The number of ketones is 1. The van der Waals surface area contributed by atoms with Gasteiger partial charge in [-0.15, -0.1) is 0 Å². The molecule has 0 heterocycles. The molecule has 0 atom stereocenters. The van der Waals surface area contributed by atoms with Gasteiger partial charge in [0.25, 0.3) is 0 Å². The number of anilines is 1. The Morgan fingerprint density at radius 2 is 1.93 bits per heavy atom. The number of hydrogen-bond donors (Lipinski definition) is 0. The van der Waals surface area contributed by atoms with Gasteiger partial charge in [-0.3, -0.25) is 4.79 Å². The maximum Gasteiger partial charge on any atom is 0.160 e. The smallest absolute Gasteiger partial charge is 0.160 e. The van der Waals surface area contributed by atoms with E-state index < -0.39 is 0 Å². The molecule has 1 saturated carbocycles. The third-order valence-electron chi connectivity index (χ3n) is 2.72. The van der Waals surface area contributed by atoms with E-state index in [9.17, 15) is 4.79 Å². The number of allylic oxidation sites excluding steroid dienone is 1. The van der Waals surface area contributed by atoms with Crippen molar-refractivity contribution in [2.75, 3.05) is 11.9 Å². The van der Waals surface area contributed by atoms with E-state index in [1.807, 2.05) is 48.5 Å². The molecule has 0 radical (unpaired) electrons. The molecule has 0 bridgehead atoms. The van der Waals surface area contributed by atoms with Crippen molar-refractivity contribution in [1.82, 2.24) is 0 Å². The van der Waals surface area contributed by atoms with Crippen LogP contribution in [0.5, 0.6) is 0 Å². The molecule has 0 aromatic heterocycles. The number of carbonyl (C=O) groups is 1. The summed E-state index contributed by atoms with van der Waals surface area (Å²) in [7, 11) is 1.98. The average molecular weight is 201 g/mol. The Morgan fingerprint density at radius 3 is 2.53 bits per heavy atom. The van der Waals surface area contributed by atoms with Crippen LogP contribution in [0.3, 0.4) is 0 Å². The van der Waals surface area contributed by atoms with Crippen LogP contribution in [0.4, 0.5) is 5.69 Å². The van der Waals surface area contributed by atoms with Gasteiger partial charge in [0.1, 0.15) is 0 Å². The Bertz CT molecular complexity index is 381. The molecule has 0 unspecified atom stereocenters. The minimum Gasteiger partial charge on any atom is -0.351 e. The minimum atomic E-state index is 0.304. The first-order valence-corrected chi connectivity index (χ1v) is 5.29. The van der Waals surface area contributed by atoms with Gasteiger partial charge >= 0.3 is 0 Å². The van der Waals surface area contributed by atoms with Crippen molar-refractivity contribution < 1.29 is 4.79 Å². The lowest BCUT2D eigenvalue weighted by Gasteiger charge is -2.14. The lowest BCUT2D eigenvalue weighted by atomic mass is 10.2. The molecule has 2 nitrogen and oxygen atoms in total. The second kappa shape index (κ2) is 4.30. The number of benzene rings is 1. The Labute approximate surface area is 90.2 Å². The van der Waals surface area contributed by atoms with Gasteiger partial charge in [0, 0.05) is 30.9 Å². The van der Waals surface area contributed by atoms with Crippen molar-refractivity contribution in [1.29, 1.82) is 0 Å². The largest absolute Gasteiger partial charge is 0.351 e. The second-order valence-electron chi connectivity index (χ2n) is 3.88. The molecular weight excluding hydrogens is 186 g/mol. The van der Waals surface area contributed by atoms with Crippen LogP contribution >= 0.6 is 0 Å². The van der Waals surface area contributed by atoms with E-state index in [4.69, 9.17) is 0 Å². The van der Waals surface area contributed by atoms with Crippen LogP contribution < -0.4 is 4.90 Å². The van der Waals surface area contributed by atoms with Crippen molar-refractivity contribution in [2.45, 2.75) is 19.3 Å². The summed E-state index contributed by atoms with van der Waals surface area (Å²) in [6, 6.07) is 10.1.